The molecule has 0 saturated heterocycles. The van der Waals surface area contributed by atoms with Crippen LogP contribution < -0.4 is 4.57 Å². The summed E-state index contributed by atoms with van der Waals surface area (Å²) < 4.78 is 2.03. The Morgan fingerprint density at radius 1 is 1.47 bits per heavy atom. The summed E-state index contributed by atoms with van der Waals surface area (Å²) in [6, 6.07) is 3.39. The molecule has 0 atom stereocenters. The molecule has 0 aromatic carbocycles. The number of aliphatic imine (C=N–C) groups is 1. The first kappa shape index (κ1) is 12.6. The zero-order valence-electron chi connectivity index (χ0n) is 8.09. The van der Waals surface area contributed by atoms with Gasteiger partial charge in [0, 0.05) is 6.42 Å². The van der Waals surface area contributed by atoms with Crippen molar-refractivity contribution in [3.8, 4) is 12.3 Å². The highest BCUT2D eigenvalue weighted by Crippen LogP contribution is 1.84. The van der Waals surface area contributed by atoms with Crippen molar-refractivity contribution in [3.63, 3.8) is 0 Å². The zero-order valence-corrected chi connectivity index (χ0v) is 8.09. The third-order valence-electron chi connectivity index (χ3n) is 1.41. The van der Waals surface area contributed by atoms with Crippen LogP contribution in [0.3, 0.4) is 0 Å². The van der Waals surface area contributed by atoms with Gasteiger partial charge in [0.2, 0.25) is 6.33 Å². The van der Waals surface area contributed by atoms with Crippen LogP contribution in [0.15, 0.2) is 23.7 Å². The van der Waals surface area contributed by atoms with Gasteiger partial charge in [-0.3, -0.25) is 4.98 Å². The molecule has 0 amide bonds. The van der Waals surface area contributed by atoms with Crippen LogP contribution in [0.25, 0.3) is 5.41 Å². The summed E-state index contributed by atoms with van der Waals surface area (Å²) in [5.74, 6) is 0. The number of aromatic nitrogens is 2. The van der Waals surface area contributed by atoms with E-state index in [1.807, 2.05) is 23.3 Å². The summed E-state index contributed by atoms with van der Waals surface area (Å²) in [6.07, 6.45) is 8.56. The fraction of sp³-hybridized carbons (Fsp3) is 0.333. The molecule has 1 aromatic rings. The molecule has 1 N–H and O–H groups in total. The van der Waals surface area contributed by atoms with Crippen molar-refractivity contribution in [3.05, 3.63) is 24.1 Å². The number of hydrogen-bond acceptors (Lipinski definition) is 3. The highest BCUT2D eigenvalue weighted by Gasteiger charge is 1.93. The summed E-state index contributed by atoms with van der Waals surface area (Å²) in [4.78, 5) is 5.52. The first-order valence-electron chi connectivity index (χ1n) is 4.21. The monoisotopic (exact) mass is 202 g/mol. The van der Waals surface area contributed by atoms with Gasteiger partial charge >= 0.3 is 0 Å². The summed E-state index contributed by atoms with van der Waals surface area (Å²) in [6.45, 7) is 0.928. The number of unbranched alkanes of at least 4 members (excludes halogenated alkanes) is 1. The molecule has 0 unspecified atom stereocenters. The number of aryl methyl sites for hydroxylation is 1. The van der Waals surface area contributed by atoms with Crippen molar-refractivity contribution >= 4 is 6.01 Å². The highest BCUT2D eigenvalue weighted by molar-refractivity contribution is 5.46. The predicted molar refractivity (Wildman–Crippen MR) is 52.2 cm³/mol. The van der Waals surface area contributed by atoms with Crippen LogP contribution in [-0.4, -0.2) is 11.0 Å². The van der Waals surface area contributed by atoms with Gasteiger partial charge in [0.1, 0.15) is 12.4 Å². The van der Waals surface area contributed by atoms with Crippen LogP contribution in [0.2, 0.25) is 0 Å². The normalized spacial score (nSPS) is 7.33. The quantitative estimate of drug-likeness (QED) is 0.339. The lowest BCUT2D eigenvalue weighted by atomic mass is 10.3. The standard InChI is InChI=1S/C7H9N3.C2N3/c8-3-1-2-5-10-6-4-9-7-10;3-1-5-2-4/h4,6-7H,1-2,5H2;/q;-1/p+1. The number of H-pyrrole nitrogens is 1. The third kappa shape index (κ3) is 7.92. The first-order chi connectivity index (χ1) is 7.35. The van der Waals surface area contributed by atoms with Crippen molar-refractivity contribution in [2.24, 2.45) is 4.99 Å². The topological polar surface area (TPSA) is 102 Å². The molecule has 1 rings (SSSR count). The second kappa shape index (κ2) is 9.66. The first-order valence-corrected chi connectivity index (χ1v) is 4.21. The van der Waals surface area contributed by atoms with Crippen LogP contribution in [0.4, 0.5) is 0 Å². The van der Waals surface area contributed by atoms with Gasteiger partial charge in [-0.05, 0) is 6.42 Å². The van der Waals surface area contributed by atoms with Crippen molar-refractivity contribution in [2.75, 3.05) is 0 Å². The molecular formula is C9H10N6. The van der Waals surface area contributed by atoms with E-state index in [1.165, 1.54) is 12.2 Å². The average molecular weight is 202 g/mol. The maximum absolute atomic E-state index is 8.23. The lowest BCUT2D eigenvalue weighted by Crippen LogP contribution is -2.30. The van der Waals surface area contributed by atoms with E-state index in [-0.39, 0.29) is 0 Å². The second-order valence-corrected chi connectivity index (χ2v) is 2.42. The Hall–Kier alpha value is -2.43. The lowest BCUT2D eigenvalue weighted by Gasteiger charge is -1.88. The Kier molecular flexibility index (Phi) is 8.09. The molecule has 0 radical (unpaired) electrons. The van der Waals surface area contributed by atoms with Gasteiger partial charge in [-0.25, -0.2) is 4.57 Å². The van der Waals surface area contributed by atoms with E-state index < -0.39 is 0 Å². The van der Waals surface area contributed by atoms with Crippen molar-refractivity contribution in [1.82, 2.24) is 4.98 Å². The molecule has 1 aromatic heterocycles. The van der Waals surface area contributed by atoms with Crippen molar-refractivity contribution in [1.29, 1.82) is 10.5 Å². The predicted octanol–water partition coefficient (Wildman–Crippen LogP) is 0.817. The van der Waals surface area contributed by atoms with Crippen LogP contribution in [0.1, 0.15) is 12.8 Å². The molecule has 0 aliphatic carbocycles. The fourth-order valence-electron chi connectivity index (χ4n) is 0.823. The van der Waals surface area contributed by atoms with Gasteiger partial charge in [0.05, 0.1) is 18.8 Å². The van der Waals surface area contributed by atoms with Gasteiger partial charge in [-0.15, -0.1) is 6.01 Å². The van der Waals surface area contributed by atoms with Crippen LogP contribution in [0, 0.1) is 22.8 Å². The molecule has 1 heterocycles. The summed E-state index contributed by atoms with van der Waals surface area (Å²) in [5.41, 5.74) is 0. The molecule has 0 aliphatic rings. The van der Waals surface area contributed by atoms with E-state index in [1.54, 1.807) is 0 Å². The molecule has 0 fully saturated rings. The number of nitriles is 2. The SMILES string of the molecule is N#CCCC[n+]1cc[nH]c1.N#CN=C=[N-]. The molecular weight excluding hydrogens is 192 g/mol. The third-order valence-corrected chi connectivity index (χ3v) is 1.41. The Bertz CT molecular complexity index is 374. The van der Waals surface area contributed by atoms with Crippen molar-refractivity contribution < 1.29 is 4.57 Å². The Morgan fingerprint density at radius 2 is 2.27 bits per heavy atom. The molecule has 76 valence electrons. The number of imidazole rings is 1. The van der Waals surface area contributed by atoms with Crippen molar-refractivity contribution in [2.45, 2.75) is 19.4 Å². The molecule has 0 saturated carbocycles. The average Bonchev–Trinajstić information content (AvgIpc) is 2.73. The molecule has 0 spiro atoms. The lowest BCUT2D eigenvalue weighted by molar-refractivity contribution is -0.695. The zero-order chi connectivity index (χ0) is 11.4. The number of nitrogens with one attached hydrogen (secondary N) is 1. The van der Waals surface area contributed by atoms with Crippen LogP contribution in [-0.2, 0) is 6.54 Å². The van der Waals surface area contributed by atoms with E-state index >= 15 is 0 Å². The minimum absolute atomic E-state index is 0.637. The summed E-state index contributed by atoms with van der Waals surface area (Å²) in [5, 5.41) is 23.1. The van der Waals surface area contributed by atoms with Gasteiger partial charge in [0.25, 0.3) is 0 Å². The summed E-state index contributed by atoms with van der Waals surface area (Å²) in [7, 11) is 0. The molecule has 0 bridgehead atoms. The van der Waals surface area contributed by atoms with Crippen LogP contribution >= 0.6 is 0 Å². The van der Waals surface area contributed by atoms with E-state index in [2.05, 4.69) is 16.0 Å². The highest BCUT2D eigenvalue weighted by atomic mass is 15.0. The van der Waals surface area contributed by atoms with E-state index in [9.17, 15) is 0 Å². The number of aromatic amines is 1. The van der Waals surface area contributed by atoms with Gasteiger partial charge < -0.3 is 10.4 Å². The van der Waals surface area contributed by atoms with Gasteiger partial charge in [-0.2, -0.15) is 10.5 Å². The Balaban J connectivity index is 0.000000336. The minimum Gasteiger partial charge on any atom is -0.422 e. The fourth-order valence-corrected chi connectivity index (χ4v) is 0.823. The van der Waals surface area contributed by atoms with E-state index in [0.717, 1.165) is 13.0 Å². The Labute approximate surface area is 87.6 Å². The smallest absolute Gasteiger partial charge is 0.241 e. The number of hydrogen-bond donors (Lipinski definition) is 1. The molecule has 6 heteroatoms. The number of nitrogens with zero attached hydrogens (tertiary/aromatic N) is 5. The van der Waals surface area contributed by atoms with Gasteiger partial charge in [-0.1, -0.05) is 0 Å². The number of rotatable bonds is 3. The minimum atomic E-state index is 0.637. The van der Waals surface area contributed by atoms with Crippen LogP contribution in [0.5, 0.6) is 0 Å². The summed E-state index contributed by atoms with van der Waals surface area (Å²) >= 11 is 0. The van der Waals surface area contributed by atoms with E-state index in [4.69, 9.17) is 15.9 Å². The van der Waals surface area contributed by atoms with Gasteiger partial charge in [0.15, 0.2) is 0 Å². The maximum atomic E-state index is 8.23. The second-order valence-electron chi connectivity index (χ2n) is 2.42. The Morgan fingerprint density at radius 3 is 2.67 bits per heavy atom. The maximum Gasteiger partial charge on any atom is 0.241 e. The van der Waals surface area contributed by atoms with E-state index in [0.29, 0.717) is 6.42 Å². The largest absolute Gasteiger partial charge is 0.422 e. The molecule has 0 aliphatic heterocycles. The molecule has 6 nitrogen and oxygen atoms in total. The molecule has 15 heavy (non-hydrogen) atoms.